The first-order chi connectivity index (χ1) is 14.4. The molecule has 2 aromatic carbocycles. The fourth-order valence-electron chi connectivity index (χ4n) is 3.67. The van der Waals surface area contributed by atoms with Gasteiger partial charge in [-0.25, -0.2) is 0 Å². The molecule has 1 amide bonds. The van der Waals surface area contributed by atoms with E-state index in [-0.39, 0.29) is 11.8 Å². The van der Waals surface area contributed by atoms with Crippen LogP contribution in [0.3, 0.4) is 0 Å². The van der Waals surface area contributed by atoms with Crippen LogP contribution in [0.1, 0.15) is 51.2 Å². The van der Waals surface area contributed by atoms with E-state index in [1.807, 2.05) is 26.0 Å². The van der Waals surface area contributed by atoms with Gasteiger partial charge in [0.2, 0.25) is 5.91 Å². The number of amides is 1. The van der Waals surface area contributed by atoms with Crippen molar-refractivity contribution in [2.75, 3.05) is 18.4 Å². The fourth-order valence-corrected chi connectivity index (χ4v) is 4.30. The Hall–Kier alpha value is -2.11. The van der Waals surface area contributed by atoms with Gasteiger partial charge in [-0.05, 0) is 60.8 Å². The van der Waals surface area contributed by atoms with Gasteiger partial charge in [0.1, 0.15) is 0 Å². The Morgan fingerprint density at radius 3 is 2.67 bits per heavy atom. The minimum Gasteiger partial charge on any atom is -0.361 e. The molecule has 3 aromatic rings. The van der Waals surface area contributed by atoms with Gasteiger partial charge in [-0.3, -0.25) is 9.69 Å². The number of aromatic amines is 1. The Kier molecular flexibility index (Phi) is 7.73. The molecule has 4 nitrogen and oxygen atoms in total. The van der Waals surface area contributed by atoms with Crippen molar-refractivity contribution in [2.45, 2.75) is 46.6 Å². The molecule has 1 unspecified atom stereocenters. The van der Waals surface area contributed by atoms with E-state index in [2.05, 4.69) is 81.5 Å². The number of carbonyl (C=O) groups is 1. The Bertz CT molecular complexity index is 995. The molecule has 0 aliphatic carbocycles. The van der Waals surface area contributed by atoms with E-state index in [0.29, 0.717) is 5.92 Å². The number of halogens is 1. The Balaban J connectivity index is 1.62. The summed E-state index contributed by atoms with van der Waals surface area (Å²) in [5, 5.41) is 4.28. The predicted molar refractivity (Wildman–Crippen MR) is 130 cm³/mol. The van der Waals surface area contributed by atoms with Gasteiger partial charge in [-0.2, -0.15) is 0 Å². The predicted octanol–water partition coefficient (Wildman–Crippen LogP) is 6.54. The Labute approximate surface area is 188 Å². The first-order valence-electron chi connectivity index (χ1n) is 10.8. The van der Waals surface area contributed by atoms with Gasteiger partial charge in [-0.1, -0.05) is 61.8 Å². The van der Waals surface area contributed by atoms with Gasteiger partial charge in [-0.15, -0.1) is 0 Å². The van der Waals surface area contributed by atoms with E-state index in [1.54, 1.807) is 0 Å². The molecule has 5 heteroatoms. The number of anilines is 1. The van der Waals surface area contributed by atoms with Crippen LogP contribution in [-0.2, 0) is 11.3 Å². The van der Waals surface area contributed by atoms with E-state index >= 15 is 0 Å². The third kappa shape index (κ3) is 5.52. The molecule has 0 spiro atoms. The molecule has 3 rings (SSSR count). The van der Waals surface area contributed by atoms with Crippen molar-refractivity contribution < 1.29 is 4.79 Å². The van der Waals surface area contributed by atoms with Crippen LogP contribution in [0.25, 0.3) is 10.9 Å². The zero-order valence-corrected chi connectivity index (χ0v) is 19.9. The molecule has 30 heavy (non-hydrogen) atoms. The maximum atomic E-state index is 12.0. The number of benzene rings is 2. The van der Waals surface area contributed by atoms with Crippen molar-refractivity contribution in [3.8, 4) is 0 Å². The molecule has 0 radical (unpaired) electrons. The van der Waals surface area contributed by atoms with Gasteiger partial charge in [0.15, 0.2) is 0 Å². The zero-order valence-electron chi connectivity index (χ0n) is 18.3. The normalized spacial score (nSPS) is 12.6. The number of H-pyrrole nitrogens is 1. The summed E-state index contributed by atoms with van der Waals surface area (Å²) in [6, 6.07) is 14.5. The zero-order chi connectivity index (χ0) is 21.7. The maximum Gasteiger partial charge on any atom is 0.226 e. The van der Waals surface area contributed by atoms with Crippen molar-refractivity contribution in [3.05, 3.63) is 64.3 Å². The fraction of sp³-hybridized carbons (Fsp3) is 0.400. The van der Waals surface area contributed by atoms with E-state index in [0.717, 1.165) is 36.2 Å². The van der Waals surface area contributed by atoms with Crippen molar-refractivity contribution in [2.24, 2.45) is 5.92 Å². The maximum absolute atomic E-state index is 12.0. The molecular weight excluding hydrogens is 438 g/mol. The van der Waals surface area contributed by atoms with E-state index in [1.165, 1.54) is 22.0 Å². The largest absolute Gasteiger partial charge is 0.361 e. The second-order valence-electron chi connectivity index (χ2n) is 8.30. The molecule has 0 saturated carbocycles. The van der Waals surface area contributed by atoms with Gasteiger partial charge >= 0.3 is 0 Å². The van der Waals surface area contributed by atoms with Gasteiger partial charge in [0.25, 0.3) is 0 Å². The molecule has 0 fully saturated rings. The third-order valence-corrected chi connectivity index (χ3v) is 6.36. The quantitative estimate of drug-likeness (QED) is 0.373. The number of nitrogens with one attached hydrogen (secondary N) is 2. The van der Waals surface area contributed by atoms with Crippen molar-refractivity contribution in [1.82, 2.24) is 9.88 Å². The van der Waals surface area contributed by atoms with E-state index in [9.17, 15) is 4.79 Å². The highest BCUT2D eigenvalue weighted by atomic mass is 79.9. The smallest absolute Gasteiger partial charge is 0.226 e. The molecule has 0 aliphatic heterocycles. The van der Waals surface area contributed by atoms with Gasteiger partial charge in [0, 0.05) is 39.7 Å². The molecule has 0 saturated heterocycles. The second kappa shape index (κ2) is 10.3. The number of aromatic nitrogens is 1. The highest BCUT2D eigenvalue weighted by molar-refractivity contribution is 9.10. The molecule has 160 valence electrons. The van der Waals surface area contributed by atoms with E-state index in [4.69, 9.17) is 0 Å². The third-order valence-electron chi connectivity index (χ3n) is 5.70. The van der Waals surface area contributed by atoms with Gasteiger partial charge < -0.3 is 10.3 Å². The number of fused-ring (bicyclic) bond motifs is 1. The summed E-state index contributed by atoms with van der Waals surface area (Å²) in [7, 11) is 0. The molecule has 1 aromatic heterocycles. The summed E-state index contributed by atoms with van der Waals surface area (Å²) in [4.78, 5) is 17.9. The lowest BCUT2D eigenvalue weighted by Gasteiger charge is -2.23. The average molecular weight is 470 g/mol. The van der Waals surface area contributed by atoms with Gasteiger partial charge in [0.05, 0.1) is 0 Å². The number of carbonyl (C=O) groups excluding carboxylic acids is 1. The molecule has 0 aliphatic rings. The lowest BCUT2D eigenvalue weighted by atomic mass is 9.97. The van der Waals surface area contributed by atoms with Crippen LogP contribution >= 0.6 is 15.9 Å². The van der Waals surface area contributed by atoms with E-state index < -0.39 is 0 Å². The number of nitrogens with zero attached hydrogens (tertiary/aromatic N) is 1. The molecule has 1 heterocycles. The SMILES string of the molecule is CCN(CCC(C)c1cccc(NC(=O)C(C)C)c1)Cc1c[nH]c2cccc(Br)c12. The monoisotopic (exact) mass is 469 g/mol. The van der Waals surface area contributed by atoms with Crippen LogP contribution in [0.5, 0.6) is 0 Å². The van der Waals surface area contributed by atoms with Crippen LogP contribution in [0.15, 0.2) is 53.1 Å². The summed E-state index contributed by atoms with van der Waals surface area (Å²) < 4.78 is 1.14. The summed E-state index contributed by atoms with van der Waals surface area (Å²) in [6.45, 7) is 11.3. The highest BCUT2D eigenvalue weighted by Gasteiger charge is 2.14. The van der Waals surface area contributed by atoms with Crippen LogP contribution in [0.4, 0.5) is 5.69 Å². The van der Waals surface area contributed by atoms with Crippen LogP contribution in [0, 0.1) is 5.92 Å². The number of hydrogen-bond donors (Lipinski definition) is 2. The van der Waals surface area contributed by atoms with Crippen LogP contribution in [-0.4, -0.2) is 28.9 Å². The summed E-state index contributed by atoms with van der Waals surface area (Å²) >= 11 is 3.70. The first kappa shape index (κ1) is 22.6. The molecule has 2 N–H and O–H groups in total. The standard InChI is InChI=1S/C25H32BrN3O/c1-5-29(16-20-15-27-23-11-7-10-22(26)24(20)23)13-12-18(4)19-8-6-9-21(14-19)28-25(30)17(2)3/h6-11,14-15,17-18,27H,5,12-13,16H2,1-4H3,(H,28,30). The summed E-state index contributed by atoms with van der Waals surface area (Å²) in [5.74, 6) is 0.459. The van der Waals surface area contributed by atoms with Crippen LogP contribution < -0.4 is 5.32 Å². The van der Waals surface area contributed by atoms with Crippen LogP contribution in [0.2, 0.25) is 0 Å². The minimum absolute atomic E-state index is 0.0197. The molecule has 1 atom stereocenters. The first-order valence-corrected chi connectivity index (χ1v) is 11.6. The topological polar surface area (TPSA) is 48.1 Å². The molecular formula is C25H32BrN3O. The number of hydrogen-bond acceptors (Lipinski definition) is 2. The van der Waals surface area contributed by atoms with Crippen molar-refractivity contribution in [3.63, 3.8) is 0 Å². The minimum atomic E-state index is -0.0197. The van der Waals surface area contributed by atoms with Crippen molar-refractivity contribution >= 4 is 38.4 Å². The lowest BCUT2D eigenvalue weighted by Crippen LogP contribution is -2.25. The lowest BCUT2D eigenvalue weighted by molar-refractivity contribution is -0.118. The molecule has 0 bridgehead atoms. The number of rotatable bonds is 9. The highest BCUT2D eigenvalue weighted by Crippen LogP contribution is 2.28. The average Bonchev–Trinajstić information content (AvgIpc) is 3.15. The summed E-state index contributed by atoms with van der Waals surface area (Å²) in [5.41, 5.74) is 4.64. The van der Waals surface area contributed by atoms with Crippen molar-refractivity contribution in [1.29, 1.82) is 0 Å². The second-order valence-corrected chi connectivity index (χ2v) is 9.16. The summed E-state index contributed by atoms with van der Waals surface area (Å²) in [6.07, 6.45) is 3.20. The Morgan fingerprint density at radius 1 is 1.17 bits per heavy atom. The Morgan fingerprint density at radius 2 is 1.93 bits per heavy atom.